The largest absolute Gasteiger partial charge is 0.370 e. The minimum absolute atomic E-state index is 0.00226. The van der Waals surface area contributed by atoms with Crippen molar-refractivity contribution in [3.63, 3.8) is 0 Å². The molecule has 2 aliphatic heterocycles. The molecule has 3 rings (SSSR count). The molecule has 148 valence electrons. The second-order valence-corrected chi connectivity index (χ2v) is 7.45. The first kappa shape index (κ1) is 19.8. The van der Waals surface area contributed by atoms with E-state index in [0.717, 1.165) is 12.0 Å². The van der Waals surface area contributed by atoms with Gasteiger partial charge in [-0.3, -0.25) is 14.5 Å². The van der Waals surface area contributed by atoms with Gasteiger partial charge in [0.2, 0.25) is 11.8 Å². The summed E-state index contributed by atoms with van der Waals surface area (Å²) in [6, 6.07) is 6.20. The highest BCUT2D eigenvalue weighted by Crippen LogP contribution is 2.26. The first-order valence-electron chi connectivity index (χ1n) is 9.62. The Kier molecular flexibility index (Phi) is 6.11. The highest BCUT2D eigenvalue weighted by Gasteiger charge is 2.42. The summed E-state index contributed by atoms with van der Waals surface area (Å²) in [5.74, 6) is -0.293. The molecule has 2 heterocycles. The molecule has 0 bridgehead atoms. The molecule has 2 aliphatic rings. The van der Waals surface area contributed by atoms with E-state index in [2.05, 4.69) is 5.32 Å². The summed E-state index contributed by atoms with van der Waals surface area (Å²) in [5, 5.41) is 2.92. The van der Waals surface area contributed by atoms with Crippen molar-refractivity contribution in [2.24, 2.45) is 0 Å². The monoisotopic (exact) mass is 377 g/mol. The smallest absolute Gasteiger partial charge is 0.240 e. The fourth-order valence-corrected chi connectivity index (χ4v) is 3.92. The molecule has 7 heteroatoms. The molecule has 2 atom stereocenters. The van der Waals surface area contributed by atoms with Crippen molar-refractivity contribution in [2.45, 2.75) is 38.3 Å². The molecule has 1 aromatic carbocycles. The van der Waals surface area contributed by atoms with Crippen molar-refractivity contribution >= 4 is 11.8 Å². The van der Waals surface area contributed by atoms with Gasteiger partial charge in [-0.2, -0.15) is 0 Å². The minimum atomic E-state index is -0.648. The van der Waals surface area contributed by atoms with Gasteiger partial charge in [0.05, 0.1) is 25.2 Å². The summed E-state index contributed by atoms with van der Waals surface area (Å²) < 4.78 is 18.9. The summed E-state index contributed by atoms with van der Waals surface area (Å²) in [5.41, 5.74) is 0.216. The third-order valence-corrected chi connectivity index (χ3v) is 5.58. The van der Waals surface area contributed by atoms with E-state index < -0.39 is 5.54 Å². The summed E-state index contributed by atoms with van der Waals surface area (Å²) >= 11 is 0. The molecule has 2 saturated heterocycles. The quantitative estimate of drug-likeness (QED) is 0.849. The zero-order chi connectivity index (χ0) is 19.4. The third-order valence-electron chi connectivity index (χ3n) is 5.58. The topological polar surface area (TPSA) is 61.9 Å². The number of piperazine rings is 1. The lowest BCUT2D eigenvalue weighted by Gasteiger charge is -2.44. The van der Waals surface area contributed by atoms with Gasteiger partial charge in [-0.25, -0.2) is 4.39 Å². The molecule has 1 N–H and O–H groups in total. The normalized spacial score (nSPS) is 26.7. The van der Waals surface area contributed by atoms with E-state index >= 15 is 0 Å². The third kappa shape index (κ3) is 4.30. The molecule has 0 aromatic heterocycles. The van der Waals surface area contributed by atoms with Crippen LogP contribution in [-0.2, 0) is 14.3 Å². The maximum Gasteiger partial charge on any atom is 0.240 e. The van der Waals surface area contributed by atoms with Crippen LogP contribution in [0.25, 0.3) is 0 Å². The second-order valence-electron chi connectivity index (χ2n) is 7.45. The lowest BCUT2D eigenvalue weighted by Crippen LogP contribution is -2.65. The molecule has 1 aromatic rings. The van der Waals surface area contributed by atoms with Crippen LogP contribution in [0.5, 0.6) is 0 Å². The number of carbonyl (C=O) groups is 2. The minimum Gasteiger partial charge on any atom is -0.370 e. The van der Waals surface area contributed by atoms with Crippen LogP contribution in [0.15, 0.2) is 24.3 Å². The average molecular weight is 377 g/mol. The molecule has 0 aliphatic carbocycles. The van der Waals surface area contributed by atoms with Crippen molar-refractivity contribution in [1.82, 2.24) is 15.1 Å². The summed E-state index contributed by atoms with van der Waals surface area (Å²) in [6.45, 7) is 6.82. The number of morpholine rings is 1. The number of carbonyl (C=O) groups excluding carboxylic acids is 2. The Hall–Kier alpha value is -1.99. The maximum atomic E-state index is 13.1. The zero-order valence-electron chi connectivity index (χ0n) is 16.0. The van der Waals surface area contributed by atoms with Gasteiger partial charge in [-0.05, 0) is 31.0 Å². The van der Waals surface area contributed by atoms with E-state index in [-0.39, 0.29) is 30.3 Å². The number of hydrogen-bond donors (Lipinski definition) is 1. The number of nitrogens with zero attached hydrogens (tertiary/aromatic N) is 2. The Morgan fingerprint density at radius 1 is 1.33 bits per heavy atom. The highest BCUT2D eigenvalue weighted by atomic mass is 19.1. The Morgan fingerprint density at radius 2 is 2.07 bits per heavy atom. The van der Waals surface area contributed by atoms with Gasteiger partial charge in [0, 0.05) is 19.6 Å². The van der Waals surface area contributed by atoms with Crippen molar-refractivity contribution in [3.05, 3.63) is 35.6 Å². The van der Waals surface area contributed by atoms with Gasteiger partial charge in [0.15, 0.2) is 0 Å². The van der Waals surface area contributed by atoms with Crippen LogP contribution < -0.4 is 5.32 Å². The van der Waals surface area contributed by atoms with E-state index in [4.69, 9.17) is 4.74 Å². The molecule has 27 heavy (non-hydrogen) atoms. The Labute approximate surface area is 159 Å². The Balaban J connectivity index is 1.66. The molecule has 2 amide bonds. The van der Waals surface area contributed by atoms with Gasteiger partial charge < -0.3 is 15.0 Å². The molecule has 0 spiro atoms. The molecule has 2 fully saturated rings. The number of ether oxygens (including phenoxy) is 1. The number of halogens is 1. The van der Waals surface area contributed by atoms with Crippen molar-refractivity contribution in [2.75, 3.05) is 39.3 Å². The van der Waals surface area contributed by atoms with Crippen LogP contribution in [0, 0.1) is 5.82 Å². The van der Waals surface area contributed by atoms with Crippen LogP contribution >= 0.6 is 0 Å². The SMILES string of the molecule is CCC[C@@]1(C)C(=O)NCCN1CC(=O)N1CCO[C@H](c2ccc(F)cc2)C1. The fraction of sp³-hybridized carbons (Fsp3) is 0.600. The fourth-order valence-electron chi connectivity index (χ4n) is 3.92. The van der Waals surface area contributed by atoms with Crippen LogP contribution in [-0.4, -0.2) is 66.5 Å². The van der Waals surface area contributed by atoms with E-state index in [9.17, 15) is 14.0 Å². The molecular weight excluding hydrogens is 349 g/mol. The van der Waals surface area contributed by atoms with Crippen LogP contribution in [0.3, 0.4) is 0 Å². The van der Waals surface area contributed by atoms with E-state index in [0.29, 0.717) is 39.2 Å². The second kappa shape index (κ2) is 8.35. The van der Waals surface area contributed by atoms with Crippen molar-refractivity contribution in [3.8, 4) is 0 Å². The van der Waals surface area contributed by atoms with Crippen molar-refractivity contribution < 1.29 is 18.7 Å². The van der Waals surface area contributed by atoms with Crippen LogP contribution in [0.4, 0.5) is 4.39 Å². The Bertz CT molecular complexity index is 682. The summed E-state index contributed by atoms with van der Waals surface area (Å²) in [7, 11) is 0. The predicted molar refractivity (Wildman–Crippen MR) is 99.6 cm³/mol. The van der Waals surface area contributed by atoms with Crippen LogP contribution in [0.1, 0.15) is 38.4 Å². The number of benzene rings is 1. The maximum absolute atomic E-state index is 13.1. The predicted octanol–water partition coefficient (Wildman–Crippen LogP) is 1.72. The number of rotatable bonds is 5. The number of nitrogens with one attached hydrogen (secondary N) is 1. The molecule has 0 saturated carbocycles. The first-order valence-corrected chi connectivity index (χ1v) is 9.62. The molecule has 0 radical (unpaired) electrons. The first-order chi connectivity index (χ1) is 12.9. The van der Waals surface area contributed by atoms with Gasteiger partial charge in [-0.1, -0.05) is 25.5 Å². The van der Waals surface area contributed by atoms with Gasteiger partial charge in [0.1, 0.15) is 11.9 Å². The summed E-state index contributed by atoms with van der Waals surface area (Å²) in [6.07, 6.45) is 1.33. The van der Waals surface area contributed by atoms with E-state index in [1.54, 1.807) is 17.0 Å². The van der Waals surface area contributed by atoms with Gasteiger partial charge >= 0.3 is 0 Å². The molecule has 6 nitrogen and oxygen atoms in total. The Morgan fingerprint density at radius 3 is 2.78 bits per heavy atom. The van der Waals surface area contributed by atoms with Gasteiger partial charge in [-0.15, -0.1) is 0 Å². The average Bonchev–Trinajstić information content (AvgIpc) is 2.67. The van der Waals surface area contributed by atoms with Crippen LogP contribution in [0.2, 0.25) is 0 Å². The highest BCUT2D eigenvalue weighted by molar-refractivity contribution is 5.88. The van der Waals surface area contributed by atoms with Crippen molar-refractivity contribution in [1.29, 1.82) is 0 Å². The zero-order valence-corrected chi connectivity index (χ0v) is 16.0. The van der Waals surface area contributed by atoms with E-state index in [1.807, 2.05) is 18.7 Å². The number of amides is 2. The van der Waals surface area contributed by atoms with E-state index in [1.165, 1.54) is 12.1 Å². The standard InChI is InChI=1S/C20H28FN3O3/c1-3-8-20(2)19(26)22-9-10-24(20)14-18(25)23-11-12-27-17(13-23)15-4-6-16(21)7-5-15/h4-7,17H,3,8-14H2,1-2H3,(H,22,26)/t17-,20-/m0/s1. The number of hydrogen-bond acceptors (Lipinski definition) is 4. The lowest BCUT2D eigenvalue weighted by molar-refractivity contribution is -0.146. The molecular formula is C20H28FN3O3. The summed E-state index contributed by atoms with van der Waals surface area (Å²) in [4.78, 5) is 29.1. The lowest BCUT2D eigenvalue weighted by atomic mass is 9.90. The molecule has 0 unspecified atom stereocenters. The van der Waals surface area contributed by atoms with Gasteiger partial charge in [0.25, 0.3) is 0 Å².